The van der Waals surface area contributed by atoms with Crippen molar-refractivity contribution in [1.82, 2.24) is 14.9 Å². The van der Waals surface area contributed by atoms with E-state index >= 15 is 0 Å². The van der Waals surface area contributed by atoms with E-state index < -0.39 is 51.0 Å². The Hall–Kier alpha value is -1.31. The number of halogens is 1. The van der Waals surface area contributed by atoms with Crippen LogP contribution in [0.5, 0.6) is 0 Å². The molecule has 0 aromatic heterocycles. The van der Waals surface area contributed by atoms with Crippen LogP contribution in [0.2, 0.25) is 0 Å². The largest absolute Gasteiger partial charge is 0.407 e. The van der Waals surface area contributed by atoms with E-state index in [2.05, 4.69) is 11.9 Å². The van der Waals surface area contributed by atoms with E-state index in [9.17, 15) is 28.8 Å². The number of hydrogen-bond donors (Lipinski definition) is 3. The summed E-state index contributed by atoms with van der Waals surface area (Å²) in [4.78, 5) is 23.6. The standard InChI is InChI=1S/C17H27FN3O8PS/c1-11-19-13(23)5-6-21(11)16-14(24)15(25)17(9-18,29-16)10-28-30(26,20(3)4)27-7-8-31-12(2)22/h5-6,14-16,24-25H,1,7-10H2,2-4H3,(H,19,23)/t14?,15-,16-,17-,30?/m1/s1. The number of ether oxygens (including phenoxy) is 1. The molecule has 0 aromatic rings. The average Bonchev–Trinajstić information content (AvgIpc) is 2.95. The molecule has 0 saturated carbocycles. The lowest BCUT2D eigenvalue weighted by atomic mass is 9.97. The Morgan fingerprint density at radius 1 is 1.48 bits per heavy atom. The van der Waals surface area contributed by atoms with Crippen LogP contribution in [0.4, 0.5) is 4.39 Å². The van der Waals surface area contributed by atoms with Gasteiger partial charge >= 0.3 is 7.75 Å². The van der Waals surface area contributed by atoms with Gasteiger partial charge < -0.3 is 25.2 Å². The summed E-state index contributed by atoms with van der Waals surface area (Å²) in [6, 6.07) is 0. The molecule has 2 aliphatic rings. The zero-order valence-electron chi connectivity index (χ0n) is 17.4. The molecule has 0 bridgehead atoms. The molecule has 2 aliphatic heterocycles. The van der Waals surface area contributed by atoms with Crippen molar-refractivity contribution in [3.8, 4) is 0 Å². The summed E-state index contributed by atoms with van der Waals surface area (Å²) < 4.78 is 44.5. The molecule has 3 N–H and O–H groups in total. The molecule has 1 fully saturated rings. The van der Waals surface area contributed by atoms with Gasteiger partial charge in [-0.25, -0.2) is 13.6 Å². The molecular formula is C17H27FN3O8PS. The maximum absolute atomic E-state index is 14.1. The van der Waals surface area contributed by atoms with Gasteiger partial charge in [-0.15, -0.1) is 0 Å². The molecule has 0 aromatic carbocycles. The van der Waals surface area contributed by atoms with E-state index in [-0.39, 0.29) is 23.3 Å². The Morgan fingerprint density at radius 3 is 2.71 bits per heavy atom. The minimum Gasteiger partial charge on any atom is -0.387 e. The molecule has 1 saturated heterocycles. The van der Waals surface area contributed by atoms with Crippen LogP contribution in [0.25, 0.3) is 0 Å². The molecule has 14 heteroatoms. The second kappa shape index (κ2) is 10.5. The highest BCUT2D eigenvalue weighted by Crippen LogP contribution is 2.51. The third-order valence-electron chi connectivity index (χ3n) is 4.58. The fourth-order valence-corrected chi connectivity index (χ4v) is 4.68. The van der Waals surface area contributed by atoms with E-state index in [1.165, 1.54) is 32.1 Å². The minimum atomic E-state index is -3.91. The normalized spacial score (nSPS) is 30.5. The summed E-state index contributed by atoms with van der Waals surface area (Å²) >= 11 is 0.981. The number of rotatable bonds is 10. The maximum Gasteiger partial charge on any atom is 0.407 e. The lowest BCUT2D eigenvalue weighted by molar-refractivity contribution is -0.143. The molecule has 176 valence electrons. The van der Waals surface area contributed by atoms with Crippen molar-refractivity contribution in [3.05, 3.63) is 24.7 Å². The lowest BCUT2D eigenvalue weighted by Crippen LogP contribution is -2.49. The molecular weight excluding hydrogens is 456 g/mol. The van der Waals surface area contributed by atoms with Gasteiger partial charge in [-0.05, 0) is 14.1 Å². The van der Waals surface area contributed by atoms with Gasteiger partial charge in [0, 0.05) is 25.0 Å². The molecule has 0 spiro atoms. The smallest absolute Gasteiger partial charge is 0.387 e. The number of carbonyl (C=O) groups excluding carboxylic acids is 2. The fraction of sp³-hybridized carbons (Fsp3) is 0.647. The predicted octanol–water partition coefficient (Wildman–Crippen LogP) is 0.172. The van der Waals surface area contributed by atoms with E-state index in [0.29, 0.717) is 0 Å². The average molecular weight is 483 g/mol. The van der Waals surface area contributed by atoms with Gasteiger partial charge in [0.1, 0.15) is 24.7 Å². The summed E-state index contributed by atoms with van der Waals surface area (Å²) in [5.74, 6) is -0.147. The number of hydrogen-bond acceptors (Lipinski definition) is 10. The number of aliphatic hydroxyl groups excluding tert-OH is 2. The second-order valence-corrected chi connectivity index (χ2v) is 10.6. The van der Waals surface area contributed by atoms with Crippen molar-refractivity contribution in [1.29, 1.82) is 0 Å². The quantitative estimate of drug-likeness (QED) is 0.290. The van der Waals surface area contributed by atoms with Crippen LogP contribution in [-0.4, -0.2) is 94.6 Å². The molecule has 5 atom stereocenters. The van der Waals surface area contributed by atoms with Gasteiger partial charge in [-0.1, -0.05) is 18.3 Å². The summed E-state index contributed by atoms with van der Waals surface area (Å²) in [6.07, 6.45) is -2.20. The Morgan fingerprint density at radius 2 is 2.16 bits per heavy atom. The molecule has 0 aliphatic carbocycles. The first-order chi connectivity index (χ1) is 14.5. The van der Waals surface area contributed by atoms with Gasteiger partial charge in [0.05, 0.1) is 13.2 Å². The Balaban J connectivity index is 2.12. The summed E-state index contributed by atoms with van der Waals surface area (Å²) in [7, 11) is -1.06. The van der Waals surface area contributed by atoms with Crippen LogP contribution in [0.3, 0.4) is 0 Å². The molecule has 2 rings (SSSR count). The lowest BCUT2D eigenvalue weighted by Gasteiger charge is -2.34. The summed E-state index contributed by atoms with van der Waals surface area (Å²) in [5.41, 5.74) is -2.05. The maximum atomic E-state index is 14.1. The zero-order valence-corrected chi connectivity index (χ0v) is 19.1. The summed E-state index contributed by atoms with van der Waals surface area (Å²) in [5, 5.41) is 23.2. The Kier molecular flexibility index (Phi) is 8.82. The predicted molar refractivity (Wildman–Crippen MR) is 110 cm³/mol. The molecule has 31 heavy (non-hydrogen) atoms. The highest BCUT2D eigenvalue weighted by molar-refractivity contribution is 8.13. The van der Waals surface area contributed by atoms with Gasteiger partial charge in [0.2, 0.25) is 0 Å². The van der Waals surface area contributed by atoms with E-state index in [4.69, 9.17) is 13.8 Å². The third-order valence-corrected chi connectivity index (χ3v) is 7.30. The molecule has 2 heterocycles. The van der Waals surface area contributed by atoms with Crippen molar-refractivity contribution in [3.63, 3.8) is 0 Å². The zero-order chi connectivity index (χ0) is 23.4. The first kappa shape index (κ1) is 25.9. The van der Waals surface area contributed by atoms with E-state index in [1.54, 1.807) is 0 Å². The van der Waals surface area contributed by atoms with Gasteiger partial charge in [-0.2, -0.15) is 0 Å². The molecule has 2 unspecified atom stereocenters. The van der Waals surface area contributed by atoms with Crippen molar-refractivity contribution >= 4 is 30.5 Å². The fourth-order valence-electron chi connectivity index (χ4n) is 2.86. The highest BCUT2D eigenvalue weighted by atomic mass is 32.2. The SMILES string of the molecule is C=C1NC(=O)C=CN1[C@@H]1O[C@](CF)(COP(=O)(OCCSC(C)=O)N(C)C)[C@H](O)C1O. The van der Waals surface area contributed by atoms with Crippen molar-refractivity contribution in [2.45, 2.75) is 31.0 Å². The first-order valence-corrected chi connectivity index (χ1v) is 11.7. The number of nitrogens with one attached hydrogen (secondary N) is 1. The van der Waals surface area contributed by atoms with Crippen LogP contribution in [-0.2, 0) is 27.9 Å². The van der Waals surface area contributed by atoms with Crippen LogP contribution >= 0.6 is 19.5 Å². The second-order valence-electron chi connectivity index (χ2n) is 7.06. The Bertz CT molecular complexity index is 784. The van der Waals surface area contributed by atoms with Crippen molar-refractivity contribution < 1.29 is 42.5 Å². The Labute approximate surface area is 183 Å². The number of alkyl halides is 1. The number of amides is 1. The first-order valence-electron chi connectivity index (χ1n) is 9.22. The summed E-state index contributed by atoms with van der Waals surface area (Å²) in [6.45, 7) is 2.97. The minimum absolute atomic E-state index is 0.0598. The van der Waals surface area contributed by atoms with Gasteiger partial charge in [0.25, 0.3) is 5.91 Å². The monoisotopic (exact) mass is 483 g/mol. The molecule has 1 amide bonds. The number of aliphatic hydroxyl groups is 2. The topological polar surface area (TPSA) is 138 Å². The van der Waals surface area contributed by atoms with Gasteiger partial charge in [0.15, 0.2) is 16.9 Å². The van der Waals surface area contributed by atoms with Crippen LogP contribution in [0, 0.1) is 0 Å². The number of thioether (sulfide) groups is 1. The number of nitrogens with zero attached hydrogens (tertiary/aromatic N) is 2. The third kappa shape index (κ3) is 5.93. The highest BCUT2D eigenvalue weighted by Gasteiger charge is 2.57. The van der Waals surface area contributed by atoms with Crippen molar-refractivity contribution in [2.75, 3.05) is 39.7 Å². The van der Waals surface area contributed by atoms with Gasteiger partial charge in [-0.3, -0.25) is 18.6 Å². The molecule has 11 nitrogen and oxygen atoms in total. The van der Waals surface area contributed by atoms with E-state index in [0.717, 1.165) is 22.5 Å². The van der Waals surface area contributed by atoms with Crippen LogP contribution < -0.4 is 5.32 Å². The van der Waals surface area contributed by atoms with Crippen molar-refractivity contribution in [2.24, 2.45) is 0 Å². The number of carbonyl (C=O) groups is 2. The van der Waals surface area contributed by atoms with E-state index in [1.807, 2.05) is 0 Å². The van der Waals surface area contributed by atoms with Crippen LogP contribution in [0.15, 0.2) is 24.7 Å². The molecule has 0 radical (unpaired) electrons. The van der Waals surface area contributed by atoms with Crippen LogP contribution in [0.1, 0.15) is 6.92 Å².